The number of ether oxygens (including phenoxy) is 1. The van der Waals surface area contributed by atoms with Crippen LogP contribution >= 0.6 is 15.9 Å². The van der Waals surface area contributed by atoms with Crippen LogP contribution in [0, 0.1) is 11.7 Å². The Morgan fingerprint density at radius 1 is 1.14 bits per heavy atom. The monoisotopic (exact) mass is 462 g/mol. The van der Waals surface area contributed by atoms with Gasteiger partial charge >= 0.3 is 0 Å². The smallest absolute Gasteiger partial charge is 0.253 e. The van der Waals surface area contributed by atoms with Crippen molar-refractivity contribution in [1.82, 2.24) is 9.80 Å². The van der Waals surface area contributed by atoms with Crippen LogP contribution in [0.5, 0.6) is 5.75 Å². The molecular weight excluding hydrogens is 439 g/mol. The van der Waals surface area contributed by atoms with Crippen molar-refractivity contribution in [1.29, 1.82) is 0 Å². The van der Waals surface area contributed by atoms with Crippen molar-refractivity contribution in [3.8, 4) is 5.75 Å². The van der Waals surface area contributed by atoms with Gasteiger partial charge in [-0.1, -0.05) is 28.1 Å². The van der Waals surface area contributed by atoms with Gasteiger partial charge in [0.2, 0.25) is 5.91 Å². The number of carbonyl (C=O) groups excluding carboxylic acids is 2. The van der Waals surface area contributed by atoms with Crippen LogP contribution < -0.4 is 4.74 Å². The molecule has 1 saturated heterocycles. The second-order valence-electron chi connectivity index (χ2n) is 7.11. The summed E-state index contributed by atoms with van der Waals surface area (Å²) >= 11 is 3.37. The number of carbonyl (C=O) groups is 2. The molecule has 0 spiro atoms. The molecule has 0 N–H and O–H groups in total. The van der Waals surface area contributed by atoms with Gasteiger partial charge in [-0.3, -0.25) is 9.59 Å². The third-order valence-electron chi connectivity index (χ3n) is 5.12. The molecule has 1 aliphatic heterocycles. The Hall–Kier alpha value is -2.41. The molecule has 5 nitrogen and oxygen atoms in total. The van der Waals surface area contributed by atoms with E-state index in [1.165, 1.54) is 6.07 Å². The molecule has 2 aromatic carbocycles. The number of rotatable bonds is 6. The van der Waals surface area contributed by atoms with E-state index in [9.17, 15) is 14.0 Å². The maximum Gasteiger partial charge on any atom is 0.253 e. The van der Waals surface area contributed by atoms with Gasteiger partial charge in [0, 0.05) is 36.1 Å². The predicted octanol–water partition coefficient (Wildman–Crippen LogP) is 3.98. The summed E-state index contributed by atoms with van der Waals surface area (Å²) < 4.78 is 19.9. The molecule has 1 heterocycles. The molecule has 0 saturated carbocycles. The third-order valence-corrected chi connectivity index (χ3v) is 5.65. The lowest BCUT2D eigenvalue weighted by Crippen LogP contribution is -2.44. The number of likely N-dealkylation sites (tertiary alicyclic amines) is 1. The molecule has 29 heavy (non-hydrogen) atoms. The molecule has 0 bridgehead atoms. The van der Waals surface area contributed by atoms with Crippen LogP contribution in [0.15, 0.2) is 53.0 Å². The van der Waals surface area contributed by atoms with Crippen LogP contribution in [0.1, 0.15) is 23.2 Å². The van der Waals surface area contributed by atoms with Crippen molar-refractivity contribution in [3.63, 3.8) is 0 Å². The van der Waals surface area contributed by atoms with Crippen LogP contribution in [0.3, 0.4) is 0 Å². The van der Waals surface area contributed by atoms with E-state index in [4.69, 9.17) is 4.74 Å². The Balaban J connectivity index is 1.44. The Kier molecular flexibility index (Phi) is 7.25. The van der Waals surface area contributed by atoms with Gasteiger partial charge in [-0.25, -0.2) is 4.39 Å². The highest BCUT2D eigenvalue weighted by molar-refractivity contribution is 9.10. The molecule has 154 valence electrons. The standard InChI is InChI=1S/C22H24BrFN2O3/c1-25(14-15-29-20-5-3-2-4-19(20)24)21(27)17-10-12-26(13-11-17)22(28)16-6-8-18(23)9-7-16/h2-9,17H,10-15H2,1H3. The number of nitrogens with zero attached hydrogens (tertiary/aromatic N) is 2. The summed E-state index contributed by atoms with van der Waals surface area (Å²) in [5, 5.41) is 0. The van der Waals surface area contributed by atoms with E-state index in [2.05, 4.69) is 15.9 Å². The highest BCUT2D eigenvalue weighted by Gasteiger charge is 2.29. The highest BCUT2D eigenvalue weighted by Crippen LogP contribution is 2.22. The summed E-state index contributed by atoms with van der Waals surface area (Å²) in [5.41, 5.74) is 0.653. The van der Waals surface area contributed by atoms with Crippen LogP contribution in [-0.4, -0.2) is 54.9 Å². The van der Waals surface area contributed by atoms with Crippen LogP contribution in [-0.2, 0) is 4.79 Å². The van der Waals surface area contributed by atoms with Crippen LogP contribution in [0.2, 0.25) is 0 Å². The van der Waals surface area contributed by atoms with E-state index < -0.39 is 5.82 Å². The zero-order valence-corrected chi connectivity index (χ0v) is 17.9. The minimum absolute atomic E-state index is 0.00459. The van der Waals surface area contributed by atoms with Crippen molar-refractivity contribution in [3.05, 3.63) is 64.4 Å². The summed E-state index contributed by atoms with van der Waals surface area (Å²) in [6.45, 7) is 1.73. The fourth-order valence-corrected chi connectivity index (χ4v) is 3.65. The topological polar surface area (TPSA) is 49.9 Å². The Labute approximate surface area is 178 Å². The molecule has 0 aromatic heterocycles. The summed E-state index contributed by atoms with van der Waals surface area (Å²) in [4.78, 5) is 28.7. The normalized spacial score (nSPS) is 14.5. The Morgan fingerprint density at radius 2 is 1.79 bits per heavy atom. The lowest BCUT2D eigenvalue weighted by molar-refractivity contribution is -0.135. The van der Waals surface area contributed by atoms with Crippen LogP contribution in [0.4, 0.5) is 4.39 Å². The van der Waals surface area contributed by atoms with E-state index in [1.807, 2.05) is 12.1 Å². The van der Waals surface area contributed by atoms with Gasteiger partial charge < -0.3 is 14.5 Å². The molecular formula is C22H24BrFN2O3. The number of hydrogen-bond donors (Lipinski definition) is 0. The largest absolute Gasteiger partial charge is 0.489 e. The molecule has 2 amide bonds. The number of para-hydroxylation sites is 1. The van der Waals surface area contributed by atoms with E-state index >= 15 is 0 Å². The third kappa shape index (κ3) is 5.56. The maximum absolute atomic E-state index is 13.6. The van der Waals surface area contributed by atoms with E-state index in [1.54, 1.807) is 47.2 Å². The van der Waals surface area contributed by atoms with Crippen molar-refractivity contribution in [2.24, 2.45) is 5.92 Å². The molecule has 0 aliphatic carbocycles. The van der Waals surface area contributed by atoms with Crippen molar-refractivity contribution in [2.75, 3.05) is 33.3 Å². The first kappa shape index (κ1) is 21.3. The van der Waals surface area contributed by atoms with Gasteiger partial charge in [-0.05, 0) is 49.2 Å². The number of amides is 2. The van der Waals surface area contributed by atoms with E-state index in [0.29, 0.717) is 38.0 Å². The zero-order valence-electron chi connectivity index (χ0n) is 16.3. The molecule has 0 atom stereocenters. The summed E-state index contributed by atoms with van der Waals surface area (Å²) in [6.07, 6.45) is 1.28. The van der Waals surface area contributed by atoms with Crippen LogP contribution in [0.25, 0.3) is 0 Å². The van der Waals surface area contributed by atoms with Gasteiger partial charge in [0.05, 0.1) is 6.54 Å². The zero-order chi connectivity index (χ0) is 20.8. The molecule has 3 rings (SSSR count). The first-order chi connectivity index (χ1) is 14.0. The number of hydrogen-bond acceptors (Lipinski definition) is 3. The lowest BCUT2D eigenvalue weighted by atomic mass is 9.95. The number of likely N-dealkylation sites (N-methyl/N-ethyl adjacent to an activating group) is 1. The fraction of sp³-hybridized carbons (Fsp3) is 0.364. The number of halogens is 2. The van der Waals surface area contributed by atoms with Gasteiger partial charge in [-0.2, -0.15) is 0 Å². The minimum atomic E-state index is -0.413. The summed E-state index contributed by atoms with van der Waals surface area (Å²) in [7, 11) is 1.73. The number of benzene rings is 2. The molecule has 1 aliphatic rings. The van der Waals surface area contributed by atoms with Crippen molar-refractivity contribution >= 4 is 27.7 Å². The first-order valence-corrected chi connectivity index (χ1v) is 10.4. The van der Waals surface area contributed by atoms with Gasteiger partial charge in [0.25, 0.3) is 5.91 Å². The fourth-order valence-electron chi connectivity index (χ4n) is 3.38. The Bertz CT molecular complexity index is 851. The second-order valence-corrected chi connectivity index (χ2v) is 8.03. The highest BCUT2D eigenvalue weighted by atomic mass is 79.9. The SMILES string of the molecule is CN(CCOc1ccccc1F)C(=O)C1CCN(C(=O)c2ccc(Br)cc2)CC1. The molecule has 7 heteroatoms. The molecule has 0 unspecified atom stereocenters. The molecule has 0 radical (unpaired) electrons. The molecule has 1 fully saturated rings. The van der Waals surface area contributed by atoms with Gasteiger partial charge in [-0.15, -0.1) is 0 Å². The summed E-state index contributed by atoms with van der Waals surface area (Å²) in [6, 6.07) is 13.5. The minimum Gasteiger partial charge on any atom is -0.489 e. The summed E-state index contributed by atoms with van der Waals surface area (Å²) in [5.74, 6) is -0.298. The van der Waals surface area contributed by atoms with Crippen molar-refractivity contribution < 1.29 is 18.7 Å². The van der Waals surface area contributed by atoms with E-state index in [0.717, 1.165) is 4.47 Å². The van der Waals surface area contributed by atoms with Gasteiger partial charge in [0.1, 0.15) is 6.61 Å². The average Bonchev–Trinajstić information content (AvgIpc) is 2.74. The Morgan fingerprint density at radius 3 is 2.45 bits per heavy atom. The average molecular weight is 463 g/mol. The lowest BCUT2D eigenvalue weighted by Gasteiger charge is -2.33. The number of piperidine rings is 1. The van der Waals surface area contributed by atoms with Crippen molar-refractivity contribution in [2.45, 2.75) is 12.8 Å². The maximum atomic E-state index is 13.6. The van der Waals surface area contributed by atoms with E-state index in [-0.39, 0.29) is 30.1 Å². The quantitative estimate of drug-likeness (QED) is 0.652. The second kappa shape index (κ2) is 9.87. The molecule has 2 aromatic rings. The predicted molar refractivity (Wildman–Crippen MR) is 112 cm³/mol. The first-order valence-electron chi connectivity index (χ1n) is 9.63. The van der Waals surface area contributed by atoms with Gasteiger partial charge in [0.15, 0.2) is 11.6 Å².